The molecule has 1 fully saturated rings. The Bertz CT molecular complexity index is 1310. The van der Waals surface area contributed by atoms with E-state index >= 15 is 0 Å². The second-order valence-electron chi connectivity index (χ2n) is 8.46. The first-order valence-corrected chi connectivity index (χ1v) is 11.1. The van der Waals surface area contributed by atoms with Gasteiger partial charge in [-0.25, -0.2) is 4.98 Å². The Kier molecular flexibility index (Phi) is 4.55. The van der Waals surface area contributed by atoms with E-state index < -0.39 is 0 Å². The van der Waals surface area contributed by atoms with Crippen molar-refractivity contribution < 1.29 is 0 Å². The molecule has 1 N–H and O–H groups in total. The Morgan fingerprint density at radius 1 is 0.969 bits per heavy atom. The number of hydrogen-bond acceptors (Lipinski definition) is 4. The van der Waals surface area contributed by atoms with Crippen LogP contribution in [0, 0.1) is 11.3 Å². The predicted molar refractivity (Wildman–Crippen MR) is 126 cm³/mol. The SMILES string of the molecule is N#Cc1ccc(-c2cc3n(c2)Cc2cc(N4CCCNCC4)ccc2-n2ccnc2-3)cc1. The summed E-state index contributed by atoms with van der Waals surface area (Å²) in [4.78, 5) is 7.18. The van der Waals surface area contributed by atoms with Gasteiger partial charge in [0, 0.05) is 56.0 Å². The molecule has 4 aromatic rings. The van der Waals surface area contributed by atoms with E-state index in [1.165, 1.54) is 23.4 Å². The van der Waals surface area contributed by atoms with Crippen LogP contribution in [0.25, 0.3) is 28.3 Å². The maximum Gasteiger partial charge on any atom is 0.161 e. The number of hydrogen-bond donors (Lipinski definition) is 1. The van der Waals surface area contributed by atoms with Gasteiger partial charge >= 0.3 is 0 Å². The first-order valence-electron chi connectivity index (χ1n) is 11.1. The molecular weight excluding hydrogens is 396 g/mol. The summed E-state index contributed by atoms with van der Waals surface area (Å²) in [6.07, 6.45) is 7.29. The van der Waals surface area contributed by atoms with Crippen LogP contribution in [-0.4, -0.2) is 40.3 Å². The Balaban J connectivity index is 1.43. The van der Waals surface area contributed by atoms with Gasteiger partial charge in [-0.15, -0.1) is 0 Å². The maximum absolute atomic E-state index is 9.10. The molecule has 6 nitrogen and oxygen atoms in total. The average Bonchev–Trinajstić information content (AvgIpc) is 3.35. The van der Waals surface area contributed by atoms with Crippen LogP contribution in [0.1, 0.15) is 17.5 Å². The topological polar surface area (TPSA) is 61.8 Å². The molecule has 0 bridgehead atoms. The fourth-order valence-corrected chi connectivity index (χ4v) is 4.83. The molecule has 0 aliphatic carbocycles. The lowest BCUT2D eigenvalue weighted by molar-refractivity contribution is 0.724. The molecule has 4 heterocycles. The Hall–Kier alpha value is -3.82. The van der Waals surface area contributed by atoms with Crippen LogP contribution in [0.5, 0.6) is 0 Å². The summed E-state index contributed by atoms with van der Waals surface area (Å²) in [7, 11) is 0. The second kappa shape index (κ2) is 7.70. The number of rotatable bonds is 2. The summed E-state index contributed by atoms with van der Waals surface area (Å²) < 4.78 is 4.50. The molecule has 6 rings (SSSR count). The maximum atomic E-state index is 9.10. The lowest BCUT2D eigenvalue weighted by Gasteiger charge is -2.24. The van der Waals surface area contributed by atoms with E-state index in [9.17, 15) is 0 Å². The van der Waals surface area contributed by atoms with E-state index in [0.29, 0.717) is 5.56 Å². The molecule has 0 amide bonds. The third-order valence-corrected chi connectivity index (χ3v) is 6.48. The zero-order chi connectivity index (χ0) is 21.5. The van der Waals surface area contributed by atoms with Crippen LogP contribution in [0.15, 0.2) is 67.1 Å². The minimum Gasteiger partial charge on any atom is -0.370 e. The number of nitriles is 1. The lowest BCUT2D eigenvalue weighted by Crippen LogP contribution is -2.27. The van der Waals surface area contributed by atoms with Crippen molar-refractivity contribution in [2.24, 2.45) is 0 Å². The van der Waals surface area contributed by atoms with E-state index in [0.717, 1.165) is 55.4 Å². The fourth-order valence-electron chi connectivity index (χ4n) is 4.83. The summed E-state index contributed by atoms with van der Waals surface area (Å²) in [5, 5.41) is 12.6. The summed E-state index contributed by atoms with van der Waals surface area (Å²) in [5.74, 6) is 0.954. The molecule has 0 spiro atoms. The first kappa shape index (κ1) is 18.9. The van der Waals surface area contributed by atoms with E-state index in [4.69, 9.17) is 10.2 Å². The molecule has 2 aromatic carbocycles. The van der Waals surface area contributed by atoms with Crippen molar-refractivity contribution in [1.82, 2.24) is 19.4 Å². The van der Waals surface area contributed by atoms with Crippen molar-refractivity contribution >= 4 is 5.69 Å². The van der Waals surface area contributed by atoms with Gasteiger partial charge in [0.1, 0.15) is 0 Å². The van der Waals surface area contributed by atoms with Gasteiger partial charge in [-0.3, -0.25) is 4.57 Å². The molecule has 0 atom stereocenters. The molecule has 2 aromatic heterocycles. The van der Waals surface area contributed by atoms with Gasteiger partial charge in [-0.2, -0.15) is 5.26 Å². The van der Waals surface area contributed by atoms with Crippen LogP contribution in [0.4, 0.5) is 5.69 Å². The standard InChI is InChI=1S/C26H24N6/c27-16-19-2-4-20(5-3-19)21-15-25-26-29-10-13-32(26)24-7-6-23(14-22(24)18-31(25)17-21)30-11-1-8-28-9-12-30/h2-7,10,13-15,17,28H,1,8-9,11-12,18H2. The predicted octanol–water partition coefficient (Wildman–Crippen LogP) is 4.04. The number of anilines is 1. The molecule has 2 aliphatic rings. The first-order chi connectivity index (χ1) is 15.8. The number of benzene rings is 2. The van der Waals surface area contributed by atoms with Gasteiger partial charge in [-0.1, -0.05) is 12.1 Å². The van der Waals surface area contributed by atoms with Crippen LogP contribution in [-0.2, 0) is 6.54 Å². The number of fused-ring (bicyclic) bond motifs is 5. The molecule has 0 unspecified atom stereocenters. The average molecular weight is 421 g/mol. The molecule has 158 valence electrons. The largest absolute Gasteiger partial charge is 0.370 e. The molecule has 0 radical (unpaired) electrons. The third-order valence-electron chi connectivity index (χ3n) is 6.48. The van der Waals surface area contributed by atoms with Crippen molar-refractivity contribution in [3.05, 3.63) is 78.2 Å². The highest BCUT2D eigenvalue weighted by molar-refractivity contribution is 5.72. The minimum atomic E-state index is 0.676. The van der Waals surface area contributed by atoms with Crippen molar-refractivity contribution in [1.29, 1.82) is 5.26 Å². The van der Waals surface area contributed by atoms with Gasteiger partial charge in [0.15, 0.2) is 5.82 Å². The summed E-state index contributed by atoms with van der Waals surface area (Å²) in [6.45, 7) is 5.03. The van der Waals surface area contributed by atoms with Gasteiger partial charge in [0.05, 0.1) is 23.0 Å². The molecule has 6 heteroatoms. The smallest absolute Gasteiger partial charge is 0.161 e. The molecule has 32 heavy (non-hydrogen) atoms. The minimum absolute atomic E-state index is 0.676. The highest BCUT2D eigenvalue weighted by Crippen LogP contribution is 2.35. The number of nitrogens with one attached hydrogen (secondary N) is 1. The highest BCUT2D eigenvalue weighted by atomic mass is 15.2. The number of aromatic nitrogens is 3. The van der Waals surface area contributed by atoms with E-state index in [-0.39, 0.29) is 0 Å². The van der Waals surface area contributed by atoms with Crippen molar-refractivity contribution in [3.63, 3.8) is 0 Å². The fraction of sp³-hybridized carbons (Fsp3) is 0.231. The van der Waals surface area contributed by atoms with Crippen molar-refractivity contribution in [2.75, 3.05) is 31.1 Å². The Morgan fingerprint density at radius 3 is 2.75 bits per heavy atom. The van der Waals surface area contributed by atoms with E-state index in [1.807, 2.05) is 36.7 Å². The van der Waals surface area contributed by atoms with Crippen LogP contribution < -0.4 is 10.2 Å². The van der Waals surface area contributed by atoms with Crippen LogP contribution >= 0.6 is 0 Å². The Labute approximate surface area is 187 Å². The normalized spacial score (nSPS) is 15.2. The molecule has 2 aliphatic heterocycles. The summed E-state index contributed by atoms with van der Waals surface area (Å²) in [5.41, 5.74) is 7.79. The number of imidazole rings is 1. The van der Waals surface area contributed by atoms with Gasteiger partial charge in [0.2, 0.25) is 0 Å². The van der Waals surface area contributed by atoms with Crippen LogP contribution in [0.3, 0.4) is 0 Å². The summed E-state index contributed by atoms with van der Waals surface area (Å²) >= 11 is 0. The number of nitrogens with zero attached hydrogens (tertiary/aromatic N) is 5. The van der Waals surface area contributed by atoms with Crippen molar-refractivity contribution in [3.8, 4) is 34.4 Å². The quantitative estimate of drug-likeness (QED) is 0.468. The van der Waals surface area contributed by atoms with E-state index in [1.54, 1.807) is 0 Å². The third kappa shape index (κ3) is 3.19. The second-order valence-corrected chi connectivity index (χ2v) is 8.46. The van der Waals surface area contributed by atoms with E-state index in [2.05, 4.69) is 55.9 Å². The van der Waals surface area contributed by atoms with Gasteiger partial charge in [-0.05, 0) is 60.5 Å². The summed E-state index contributed by atoms with van der Waals surface area (Å²) in [6, 6.07) is 19.0. The van der Waals surface area contributed by atoms with Gasteiger partial charge in [0.25, 0.3) is 0 Å². The lowest BCUT2D eigenvalue weighted by atomic mass is 10.1. The monoisotopic (exact) mass is 420 g/mol. The zero-order valence-electron chi connectivity index (χ0n) is 17.8. The van der Waals surface area contributed by atoms with Crippen molar-refractivity contribution in [2.45, 2.75) is 13.0 Å². The van der Waals surface area contributed by atoms with Gasteiger partial charge < -0.3 is 14.8 Å². The zero-order valence-corrected chi connectivity index (χ0v) is 17.8. The van der Waals surface area contributed by atoms with Crippen LogP contribution in [0.2, 0.25) is 0 Å². The highest BCUT2D eigenvalue weighted by Gasteiger charge is 2.22. The Morgan fingerprint density at radius 2 is 1.88 bits per heavy atom. The molecular formula is C26H24N6. The molecule has 1 saturated heterocycles. The molecule has 0 saturated carbocycles.